The second-order valence-corrected chi connectivity index (χ2v) is 3.65. The van der Waals surface area contributed by atoms with Crippen molar-refractivity contribution in [3.05, 3.63) is 35.9 Å². The van der Waals surface area contributed by atoms with E-state index in [9.17, 15) is 4.79 Å². The quantitative estimate of drug-likeness (QED) is 0.544. The van der Waals surface area contributed by atoms with Crippen molar-refractivity contribution in [2.24, 2.45) is 5.73 Å². The van der Waals surface area contributed by atoms with Crippen LogP contribution in [-0.2, 0) is 20.7 Å². The lowest BCUT2D eigenvalue weighted by atomic mass is 10.1. The summed E-state index contributed by atoms with van der Waals surface area (Å²) in [6.07, 6.45) is 1.74. The van der Waals surface area contributed by atoms with Gasteiger partial charge in [0, 0.05) is 6.54 Å². The van der Waals surface area contributed by atoms with Crippen LogP contribution in [0.3, 0.4) is 0 Å². The zero-order valence-corrected chi connectivity index (χ0v) is 9.93. The summed E-state index contributed by atoms with van der Waals surface area (Å²) in [7, 11) is 0. The van der Waals surface area contributed by atoms with Crippen LogP contribution >= 0.6 is 0 Å². The Kier molecular flexibility index (Phi) is 7.02. The molecule has 4 nitrogen and oxygen atoms in total. The number of esters is 1. The van der Waals surface area contributed by atoms with Crippen LogP contribution in [0.1, 0.15) is 12.0 Å². The number of carbonyl (C=O) groups is 1. The molecule has 0 heterocycles. The molecule has 0 saturated carbocycles. The molecule has 94 valence electrons. The Labute approximate surface area is 102 Å². The van der Waals surface area contributed by atoms with Crippen LogP contribution in [0.15, 0.2) is 30.3 Å². The first-order valence-electron chi connectivity index (χ1n) is 5.80. The van der Waals surface area contributed by atoms with Crippen LogP contribution in [0.4, 0.5) is 0 Å². The summed E-state index contributed by atoms with van der Waals surface area (Å²) in [5.74, 6) is -0.327. The lowest BCUT2D eigenvalue weighted by Crippen LogP contribution is -2.17. The van der Waals surface area contributed by atoms with E-state index >= 15 is 0 Å². The molecule has 1 aromatic rings. The fourth-order valence-electron chi connectivity index (χ4n) is 1.39. The summed E-state index contributed by atoms with van der Waals surface area (Å²) in [6.45, 7) is 1.22. The summed E-state index contributed by atoms with van der Waals surface area (Å²) < 4.78 is 9.97. The van der Waals surface area contributed by atoms with Gasteiger partial charge in [-0.2, -0.15) is 0 Å². The van der Waals surface area contributed by atoms with E-state index in [4.69, 9.17) is 15.2 Å². The van der Waals surface area contributed by atoms with Gasteiger partial charge in [-0.25, -0.2) is 4.79 Å². The van der Waals surface area contributed by atoms with Gasteiger partial charge in [0.25, 0.3) is 0 Å². The topological polar surface area (TPSA) is 61.5 Å². The number of hydrogen-bond acceptors (Lipinski definition) is 4. The molecule has 0 fully saturated rings. The monoisotopic (exact) mass is 237 g/mol. The van der Waals surface area contributed by atoms with Gasteiger partial charge in [0.15, 0.2) is 0 Å². The fourth-order valence-corrected chi connectivity index (χ4v) is 1.39. The highest BCUT2D eigenvalue weighted by Crippen LogP contribution is 2.02. The van der Waals surface area contributed by atoms with Gasteiger partial charge in [0.2, 0.25) is 0 Å². The van der Waals surface area contributed by atoms with Gasteiger partial charge in [0.05, 0.1) is 13.2 Å². The maximum absolute atomic E-state index is 11.1. The summed E-state index contributed by atoms with van der Waals surface area (Å²) >= 11 is 0. The van der Waals surface area contributed by atoms with Crippen LogP contribution in [0.5, 0.6) is 0 Å². The number of rotatable bonds is 8. The maximum Gasteiger partial charge on any atom is 0.332 e. The Morgan fingerprint density at radius 2 is 1.94 bits per heavy atom. The first-order valence-corrected chi connectivity index (χ1v) is 5.80. The number of ether oxygens (including phenoxy) is 2. The Bertz CT molecular complexity index is 314. The molecule has 0 unspecified atom stereocenters. The van der Waals surface area contributed by atoms with Gasteiger partial charge in [-0.1, -0.05) is 30.3 Å². The number of hydrogen-bond donors (Lipinski definition) is 1. The molecule has 0 spiro atoms. The van der Waals surface area contributed by atoms with Crippen molar-refractivity contribution in [2.45, 2.75) is 12.8 Å². The molecule has 0 aromatic heterocycles. The Morgan fingerprint density at radius 3 is 2.65 bits per heavy atom. The number of carbonyl (C=O) groups excluding carboxylic acids is 1. The molecule has 1 rings (SSSR count). The molecule has 1 aromatic carbocycles. The predicted octanol–water partition coefficient (Wildman–Crippen LogP) is 1.14. The highest BCUT2D eigenvalue weighted by Gasteiger charge is 2.02. The summed E-state index contributed by atoms with van der Waals surface area (Å²) in [4.78, 5) is 11.1. The molecule has 0 radical (unpaired) electrons. The minimum absolute atomic E-state index is 0.0114. The normalized spacial score (nSPS) is 10.2. The lowest BCUT2D eigenvalue weighted by molar-refractivity contribution is -0.148. The smallest absolute Gasteiger partial charge is 0.332 e. The van der Waals surface area contributed by atoms with Gasteiger partial charge in [-0.15, -0.1) is 0 Å². The van der Waals surface area contributed by atoms with Crippen molar-refractivity contribution >= 4 is 5.97 Å². The van der Waals surface area contributed by atoms with Crippen molar-refractivity contribution in [1.29, 1.82) is 0 Å². The van der Waals surface area contributed by atoms with Gasteiger partial charge in [-0.05, 0) is 18.4 Å². The Morgan fingerprint density at radius 1 is 1.18 bits per heavy atom. The molecule has 0 aliphatic rings. The van der Waals surface area contributed by atoms with Crippen LogP contribution in [0, 0.1) is 0 Å². The van der Waals surface area contributed by atoms with E-state index in [0.29, 0.717) is 19.8 Å². The Balaban J connectivity index is 2.02. The molecule has 0 bridgehead atoms. The highest BCUT2D eigenvalue weighted by atomic mass is 16.6. The summed E-state index contributed by atoms with van der Waals surface area (Å²) in [6, 6.07) is 10.1. The fraction of sp³-hybridized carbons (Fsp3) is 0.462. The van der Waals surface area contributed by atoms with Gasteiger partial charge >= 0.3 is 5.97 Å². The van der Waals surface area contributed by atoms with Crippen molar-refractivity contribution in [3.8, 4) is 0 Å². The second kappa shape index (κ2) is 8.73. The molecule has 0 aliphatic heterocycles. The van der Waals surface area contributed by atoms with Gasteiger partial charge < -0.3 is 15.2 Å². The average Bonchev–Trinajstić information content (AvgIpc) is 2.36. The van der Waals surface area contributed by atoms with Crippen LogP contribution in [0.2, 0.25) is 0 Å². The minimum atomic E-state index is -0.327. The molecule has 0 atom stereocenters. The van der Waals surface area contributed by atoms with E-state index in [1.54, 1.807) is 0 Å². The third kappa shape index (κ3) is 6.71. The zero-order valence-electron chi connectivity index (χ0n) is 9.93. The molecule has 2 N–H and O–H groups in total. The molecular weight excluding hydrogens is 218 g/mol. The molecule has 4 heteroatoms. The third-order valence-corrected chi connectivity index (χ3v) is 2.20. The highest BCUT2D eigenvalue weighted by molar-refractivity contribution is 5.70. The third-order valence-electron chi connectivity index (χ3n) is 2.20. The SMILES string of the molecule is NCCOCC(=O)OCCCc1ccccc1. The summed E-state index contributed by atoms with van der Waals surface area (Å²) in [5, 5.41) is 0. The van der Waals surface area contributed by atoms with Crippen LogP contribution in [-0.4, -0.2) is 32.3 Å². The number of aryl methyl sites for hydroxylation is 1. The van der Waals surface area contributed by atoms with Crippen molar-refractivity contribution < 1.29 is 14.3 Å². The van der Waals surface area contributed by atoms with E-state index in [1.807, 2.05) is 18.2 Å². The second-order valence-electron chi connectivity index (χ2n) is 3.65. The van der Waals surface area contributed by atoms with E-state index in [2.05, 4.69) is 12.1 Å². The van der Waals surface area contributed by atoms with Crippen molar-refractivity contribution in [3.63, 3.8) is 0 Å². The van der Waals surface area contributed by atoms with Gasteiger partial charge in [0.1, 0.15) is 6.61 Å². The van der Waals surface area contributed by atoms with Crippen LogP contribution in [0.25, 0.3) is 0 Å². The van der Waals surface area contributed by atoms with E-state index in [-0.39, 0.29) is 12.6 Å². The van der Waals surface area contributed by atoms with Crippen molar-refractivity contribution in [2.75, 3.05) is 26.4 Å². The standard InChI is InChI=1S/C13H19NO3/c14-8-10-16-11-13(15)17-9-4-7-12-5-2-1-3-6-12/h1-3,5-6H,4,7-11,14H2. The molecule has 0 amide bonds. The van der Waals surface area contributed by atoms with E-state index < -0.39 is 0 Å². The minimum Gasteiger partial charge on any atom is -0.464 e. The number of nitrogens with two attached hydrogens (primary N) is 1. The zero-order chi connectivity index (χ0) is 12.3. The Hall–Kier alpha value is -1.39. The molecule has 0 aliphatic carbocycles. The molecular formula is C13H19NO3. The molecule has 0 saturated heterocycles. The maximum atomic E-state index is 11.1. The largest absolute Gasteiger partial charge is 0.464 e. The van der Waals surface area contributed by atoms with Crippen molar-refractivity contribution in [1.82, 2.24) is 0 Å². The van der Waals surface area contributed by atoms with E-state index in [1.165, 1.54) is 5.56 Å². The first kappa shape index (κ1) is 13.7. The summed E-state index contributed by atoms with van der Waals surface area (Å²) in [5.41, 5.74) is 6.48. The lowest BCUT2D eigenvalue weighted by Gasteiger charge is -2.05. The van der Waals surface area contributed by atoms with Gasteiger partial charge in [-0.3, -0.25) is 0 Å². The van der Waals surface area contributed by atoms with E-state index in [0.717, 1.165) is 12.8 Å². The average molecular weight is 237 g/mol. The predicted molar refractivity (Wildman–Crippen MR) is 65.6 cm³/mol. The molecule has 17 heavy (non-hydrogen) atoms. The first-order chi connectivity index (χ1) is 8.33. The number of benzene rings is 1. The van der Waals surface area contributed by atoms with Crippen LogP contribution < -0.4 is 5.73 Å².